The fourth-order valence-electron chi connectivity index (χ4n) is 0.430. The molecular weight excluding hydrogens is 189 g/mol. The molecule has 0 heterocycles. The van der Waals surface area contributed by atoms with E-state index in [1.807, 2.05) is 0 Å². The second-order valence-electron chi connectivity index (χ2n) is 1.44. The average molecular weight is 193 g/mol. The van der Waals surface area contributed by atoms with Gasteiger partial charge in [-0.3, -0.25) is 0 Å². The van der Waals surface area contributed by atoms with Gasteiger partial charge >= 0.3 is 0 Å². The van der Waals surface area contributed by atoms with Crippen LogP contribution < -0.4 is 0 Å². The third kappa shape index (κ3) is 5.45. The molecule has 0 bridgehead atoms. The molecule has 44 valence electrons. The monoisotopic (exact) mass is 192 g/mol. The zero-order valence-corrected chi connectivity index (χ0v) is 11.6. The third-order valence-electron chi connectivity index (χ3n) is 0.804. The fourth-order valence-corrected chi connectivity index (χ4v) is 0.682. The first kappa shape index (κ1) is 14.3. The molecule has 0 unspecified atom stereocenters. The summed E-state index contributed by atoms with van der Waals surface area (Å²) in [5, 5.41) is 1.43. The largest absolute Gasteiger partial charge is 0.0843 e. The molecule has 0 N–H and O–H groups in total. The first-order valence-electron chi connectivity index (χ1n) is 2.20. The van der Waals surface area contributed by atoms with Crippen LogP contribution in [0.5, 0.6) is 0 Å². The molecule has 0 saturated heterocycles. The predicted molar refractivity (Wildman–Crippen MR) is 48.0 cm³/mol. The van der Waals surface area contributed by atoms with E-state index in [1.165, 1.54) is 0 Å². The summed E-state index contributed by atoms with van der Waals surface area (Å²) in [5.41, 5.74) is 0. The van der Waals surface area contributed by atoms with Crippen LogP contribution in [0, 0.1) is 0 Å². The molecule has 0 fully saturated rings. The van der Waals surface area contributed by atoms with Crippen molar-refractivity contribution in [3.63, 3.8) is 0 Å². The molecule has 0 spiro atoms. The Labute approximate surface area is 115 Å². The van der Waals surface area contributed by atoms with Crippen LogP contribution in [0.1, 0.15) is 0 Å². The number of rotatable bonds is 0. The van der Waals surface area contributed by atoms with Crippen LogP contribution in [0.4, 0.5) is 0 Å². The summed E-state index contributed by atoms with van der Waals surface area (Å²) < 4.78 is 0. The van der Waals surface area contributed by atoms with Gasteiger partial charge in [0, 0.05) is 69.2 Å². The van der Waals surface area contributed by atoms with Crippen molar-refractivity contribution in [2.75, 3.05) is 0 Å². The van der Waals surface area contributed by atoms with E-state index in [9.17, 15) is 0 Å². The van der Waals surface area contributed by atoms with Crippen molar-refractivity contribution in [3.05, 3.63) is 34.3 Å². The summed E-state index contributed by atoms with van der Waals surface area (Å²) in [5.74, 6) is 0. The van der Waals surface area contributed by atoms with Crippen molar-refractivity contribution in [2.45, 2.75) is 0 Å². The zero-order valence-electron chi connectivity index (χ0n) is 6.07. The maximum absolute atomic E-state index is 5.55. The van der Waals surface area contributed by atoms with Crippen molar-refractivity contribution in [3.8, 4) is 0 Å². The zero-order chi connectivity index (χ0) is 5.98. The second-order valence-corrected chi connectivity index (χ2v) is 2.31. The van der Waals surface area contributed by atoms with Gasteiger partial charge < -0.3 is 0 Å². The van der Waals surface area contributed by atoms with E-state index >= 15 is 0 Å². The van der Waals surface area contributed by atoms with E-state index in [-0.39, 0.29) is 59.1 Å². The standard InChI is InChI=1S/C6H4Cl2.2Na/c7-5-1-2-6(8)4-3-5;;/h1-4H;;. The minimum Gasteiger partial charge on any atom is -0.0843 e. The van der Waals surface area contributed by atoms with Crippen molar-refractivity contribution < 1.29 is 0 Å². The van der Waals surface area contributed by atoms with Crippen molar-refractivity contribution in [1.29, 1.82) is 0 Å². The van der Waals surface area contributed by atoms with Crippen LogP contribution >= 0.6 is 23.2 Å². The molecule has 0 aromatic heterocycles. The Morgan fingerprint density at radius 1 is 0.700 bits per heavy atom. The van der Waals surface area contributed by atoms with E-state index < -0.39 is 0 Å². The topological polar surface area (TPSA) is 0 Å². The molecule has 2 radical (unpaired) electrons. The number of benzene rings is 1. The Morgan fingerprint density at radius 2 is 0.900 bits per heavy atom. The maximum Gasteiger partial charge on any atom is 0.0407 e. The molecule has 1 aromatic rings. The quantitative estimate of drug-likeness (QED) is 0.554. The van der Waals surface area contributed by atoms with E-state index in [1.54, 1.807) is 24.3 Å². The summed E-state index contributed by atoms with van der Waals surface area (Å²) in [4.78, 5) is 0. The van der Waals surface area contributed by atoms with Crippen LogP contribution in [0.15, 0.2) is 24.3 Å². The maximum atomic E-state index is 5.55. The molecular formula is C6H4Cl2Na2. The third-order valence-corrected chi connectivity index (χ3v) is 1.31. The number of hydrogen-bond acceptors (Lipinski definition) is 0. The fraction of sp³-hybridized carbons (Fsp3) is 0. The average Bonchev–Trinajstić information content (AvgIpc) is 1.77. The van der Waals surface area contributed by atoms with Gasteiger partial charge in [-0.25, -0.2) is 0 Å². The molecule has 0 saturated carbocycles. The molecule has 0 amide bonds. The minimum absolute atomic E-state index is 0. The smallest absolute Gasteiger partial charge is 0.0407 e. The molecule has 10 heavy (non-hydrogen) atoms. The second kappa shape index (κ2) is 7.45. The van der Waals surface area contributed by atoms with Crippen molar-refractivity contribution >= 4 is 82.3 Å². The minimum atomic E-state index is 0. The summed E-state index contributed by atoms with van der Waals surface area (Å²) in [7, 11) is 0. The molecule has 0 atom stereocenters. The Morgan fingerprint density at radius 3 is 1.10 bits per heavy atom. The van der Waals surface area contributed by atoms with Gasteiger partial charge in [0.15, 0.2) is 0 Å². The van der Waals surface area contributed by atoms with Gasteiger partial charge in [-0.15, -0.1) is 0 Å². The van der Waals surface area contributed by atoms with Gasteiger partial charge in [-0.1, -0.05) is 23.2 Å². The van der Waals surface area contributed by atoms with Gasteiger partial charge in [-0.05, 0) is 24.3 Å². The molecule has 0 aliphatic carbocycles. The van der Waals surface area contributed by atoms with E-state index in [0.29, 0.717) is 0 Å². The molecule has 0 nitrogen and oxygen atoms in total. The summed E-state index contributed by atoms with van der Waals surface area (Å²) >= 11 is 11.1. The molecule has 4 heteroatoms. The van der Waals surface area contributed by atoms with Crippen LogP contribution in [0.3, 0.4) is 0 Å². The van der Waals surface area contributed by atoms with Gasteiger partial charge in [-0.2, -0.15) is 0 Å². The first-order valence-corrected chi connectivity index (χ1v) is 2.96. The molecule has 1 rings (SSSR count). The Kier molecular flexibility index (Phi) is 10.7. The number of hydrogen-bond donors (Lipinski definition) is 0. The summed E-state index contributed by atoms with van der Waals surface area (Å²) in [6.07, 6.45) is 0. The first-order chi connectivity index (χ1) is 3.79. The molecule has 0 aliphatic rings. The van der Waals surface area contributed by atoms with Crippen LogP contribution in [-0.2, 0) is 0 Å². The normalized spacial score (nSPS) is 7.40. The summed E-state index contributed by atoms with van der Waals surface area (Å²) in [6, 6.07) is 7.02. The van der Waals surface area contributed by atoms with Gasteiger partial charge in [0.25, 0.3) is 0 Å². The van der Waals surface area contributed by atoms with Crippen molar-refractivity contribution in [2.24, 2.45) is 0 Å². The Balaban J connectivity index is 0. The Hall–Kier alpha value is 1.80. The molecule has 0 aliphatic heterocycles. The molecule has 1 aromatic carbocycles. The predicted octanol–water partition coefficient (Wildman–Crippen LogP) is 2.23. The van der Waals surface area contributed by atoms with Gasteiger partial charge in [0.05, 0.1) is 0 Å². The Bertz CT molecular complexity index is 153. The van der Waals surface area contributed by atoms with Crippen molar-refractivity contribution in [1.82, 2.24) is 0 Å². The number of halogens is 2. The SMILES string of the molecule is Clc1ccc(Cl)cc1.[Na].[Na]. The van der Waals surface area contributed by atoms with Crippen LogP contribution in [-0.4, -0.2) is 59.1 Å². The van der Waals surface area contributed by atoms with E-state index in [0.717, 1.165) is 10.0 Å². The van der Waals surface area contributed by atoms with Crippen LogP contribution in [0.2, 0.25) is 10.0 Å². The van der Waals surface area contributed by atoms with Crippen LogP contribution in [0.25, 0.3) is 0 Å². The van der Waals surface area contributed by atoms with E-state index in [2.05, 4.69) is 0 Å². The van der Waals surface area contributed by atoms with Gasteiger partial charge in [0.2, 0.25) is 0 Å². The van der Waals surface area contributed by atoms with E-state index in [4.69, 9.17) is 23.2 Å². The summed E-state index contributed by atoms with van der Waals surface area (Å²) in [6.45, 7) is 0. The van der Waals surface area contributed by atoms with Gasteiger partial charge in [0.1, 0.15) is 0 Å².